The number of carbonyl (C=O) groups excluding carboxylic acids is 1. The number of aromatic nitrogens is 2. The number of benzene rings is 2. The topological polar surface area (TPSA) is 57.8 Å². The number of H-pyrrole nitrogens is 1. The van der Waals surface area contributed by atoms with Crippen molar-refractivity contribution in [3.63, 3.8) is 0 Å². The molecule has 0 bridgehead atoms. The molecule has 106 valence electrons. The number of para-hydroxylation sites is 1. The van der Waals surface area contributed by atoms with Crippen molar-refractivity contribution >= 4 is 22.6 Å². The molecule has 1 aromatic heterocycles. The Labute approximate surface area is 123 Å². The fraction of sp³-hybridized carbons (Fsp3) is 0.176. The monoisotopic (exact) mass is 279 g/mol. The first-order valence-electron chi connectivity index (χ1n) is 6.92. The quantitative estimate of drug-likeness (QED) is 0.772. The van der Waals surface area contributed by atoms with Gasteiger partial charge in [-0.05, 0) is 43.2 Å². The molecule has 21 heavy (non-hydrogen) atoms. The molecule has 0 radical (unpaired) electrons. The minimum absolute atomic E-state index is 0.0140. The van der Waals surface area contributed by atoms with Crippen LogP contribution in [-0.2, 0) is 11.2 Å². The van der Waals surface area contributed by atoms with Gasteiger partial charge in [0, 0.05) is 5.69 Å². The maximum Gasteiger partial charge on any atom is 0.228 e. The summed E-state index contributed by atoms with van der Waals surface area (Å²) in [5.74, 6) is 0.867. The molecule has 0 unspecified atom stereocenters. The van der Waals surface area contributed by atoms with E-state index < -0.39 is 0 Å². The summed E-state index contributed by atoms with van der Waals surface area (Å²) in [6, 6.07) is 13.6. The van der Waals surface area contributed by atoms with Gasteiger partial charge in [0.25, 0.3) is 0 Å². The molecular weight excluding hydrogens is 262 g/mol. The maximum absolute atomic E-state index is 12.1. The van der Waals surface area contributed by atoms with Gasteiger partial charge in [-0.2, -0.15) is 0 Å². The third-order valence-corrected chi connectivity index (χ3v) is 3.45. The van der Waals surface area contributed by atoms with Crippen LogP contribution in [0.25, 0.3) is 11.0 Å². The number of aromatic amines is 1. The first-order chi connectivity index (χ1) is 10.1. The summed E-state index contributed by atoms with van der Waals surface area (Å²) < 4.78 is 0. The number of nitrogens with zero attached hydrogens (tertiary/aromatic N) is 1. The molecule has 0 aliphatic heterocycles. The lowest BCUT2D eigenvalue weighted by molar-refractivity contribution is -0.115. The highest BCUT2D eigenvalue weighted by Gasteiger charge is 2.07. The number of imidazole rings is 1. The van der Waals surface area contributed by atoms with Crippen molar-refractivity contribution in [2.45, 2.75) is 20.3 Å². The Morgan fingerprint density at radius 3 is 2.81 bits per heavy atom. The van der Waals surface area contributed by atoms with Crippen LogP contribution in [0.3, 0.4) is 0 Å². The summed E-state index contributed by atoms with van der Waals surface area (Å²) >= 11 is 0. The van der Waals surface area contributed by atoms with E-state index in [0.29, 0.717) is 6.42 Å². The van der Waals surface area contributed by atoms with Crippen LogP contribution >= 0.6 is 0 Å². The van der Waals surface area contributed by atoms with Crippen molar-refractivity contribution in [3.05, 3.63) is 59.4 Å². The van der Waals surface area contributed by atoms with E-state index >= 15 is 0 Å². The van der Waals surface area contributed by atoms with Gasteiger partial charge >= 0.3 is 0 Å². The number of hydrogen-bond acceptors (Lipinski definition) is 2. The molecule has 4 nitrogen and oxygen atoms in total. The predicted molar refractivity (Wildman–Crippen MR) is 84.3 cm³/mol. The molecule has 0 spiro atoms. The highest BCUT2D eigenvalue weighted by molar-refractivity contribution is 5.93. The molecule has 3 aromatic rings. The van der Waals surface area contributed by atoms with Crippen molar-refractivity contribution in [2.75, 3.05) is 5.32 Å². The van der Waals surface area contributed by atoms with E-state index in [9.17, 15) is 4.79 Å². The third kappa shape index (κ3) is 2.94. The molecular formula is C17H17N3O. The van der Waals surface area contributed by atoms with Crippen molar-refractivity contribution < 1.29 is 4.79 Å². The summed E-state index contributed by atoms with van der Waals surface area (Å²) in [6.45, 7) is 3.90. The fourth-order valence-electron chi connectivity index (χ4n) is 2.39. The van der Waals surface area contributed by atoms with E-state index in [4.69, 9.17) is 0 Å². The van der Waals surface area contributed by atoms with Gasteiger partial charge in [0.1, 0.15) is 5.82 Å². The van der Waals surface area contributed by atoms with Gasteiger partial charge in [-0.1, -0.05) is 24.3 Å². The lowest BCUT2D eigenvalue weighted by Gasteiger charge is -2.08. The minimum atomic E-state index is -0.0140. The van der Waals surface area contributed by atoms with Gasteiger partial charge in [0.15, 0.2) is 0 Å². The molecule has 2 aromatic carbocycles. The number of carbonyl (C=O) groups is 1. The Kier molecular flexibility index (Phi) is 3.44. The zero-order valence-corrected chi connectivity index (χ0v) is 12.1. The van der Waals surface area contributed by atoms with Gasteiger partial charge in [0.2, 0.25) is 5.91 Å². The number of nitrogens with one attached hydrogen (secondary N) is 2. The van der Waals surface area contributed by atoms with Crippen LogP contribution in [0.5, 0.6) is 0 Å². The van der Waals surface area contributed by atoms with E-state index in [1.165, 1.54) is 0 Å². The van der Waals surface area contributed by atoms with Crippen LogP contribution in [0.2, 0.25) is 0 Å². The fourth-order valence-corrected chi connectivity index (χ4v) is 2.39. The Morgan fingerprint density at radius 1 is 1.19 bits per heavy atom. The van der Waals surface area contributed by atoms with Crippen LogP contribution < -0.4 is 5.32 Å². The van der Waals surface area contributed by atoms with Crippen molar-refractivity contribution in [2.24, 2.45) is 0 Å². The van der Waals surface area contributed by atoms with Gasteiger partial charge in [-0.25, -0.2) is 4.98 Å². The predicted octanol–water partition coefficient (Wildman–Crippen LogP) is 3.36. The Balaban J connectivity index is 1.75. The average molecular weight is 279 g/mol. The van der Waals surface area contributed by atoms with Crippen LogP contribution in [-0.4, -0.2) is 15.9 Å². The van der Waals surface area contributed by atoms with E-state index in [2.05, 4.69) is 15.3 Å². The number of amides is 1. The SMILES string of the molecule is Cc1nc2ccc(CC(=O)Nc3ccccc3C)cc2[nH]1. The zero-order chi connectivity index (χ0) is 14.8. The van der Waals surface area contributed by atoms with Crippen LogP contribution in [0, 0.1) is 13.8 Å². The Morgan fingerprint density at radius 2 is 2.00 bits per heavy atom. The normalized spacial score (nSPS) is 10.8. The van der Waals surface area contributed by atoms with Crippen molar-refractivity contribution in [1.29, 1.82) is 0 Å². The molecule has 0 saturated carbocycles. The third-order valence-electron chi connectivity index (χ3n) is 3.45. The number of rotatable bonds is 3. The second-order valence-corrected chi connectivity index (χ2v) is 5.21. The summed E-state index contributed by atoms with van der Waals surface area (Å²) in [6.07, 6.45) is 0.350. The van der Waals surface area contributed by atoms with E-state index in [1.54, 1.807) is 0 Å². The molecule has 0 fully saturated rings. The first-order valence-corrected chi connectivity index (χ1v) is 6.92. The molecule has 1 heterocycles. The first kappa shape index (κ1) is 13.4. The van der Waals surface area contributed by atoms with E-state index in [-0.39, 0.29) is 5.91 Å². The van der Waals surface area contributed by atoms with Crippen molar-refractivity contribution in [1.82, 2.24) is 9.97 Å². The number of aryl methyl sites for hydroxylation is 2. The standard InChI is InChI=1S/C17H17N3O/c1-11-5-3-4-6-14(11)20-17(21)10-13-7-8-15-16(9-13)19-12(2)18-15/h3-9H,10H2,1-2H3,(H,18,19)(H,20,21). The van der Waals surface area contributed by atoms with Crippen LogP contribution in [0.1, 0.15) is 17.0 Å². The van der Waals surface area contributed by atoms with Gasteiger partial charge in [0.05, 0.1) is 17.5 Å². The smallest absolute Gasteiger partial charge is 0.228 e. The molecule has 1 amide bonds. The molecule has 3 rings (SSSR count). The molecule has 2 N–H and O–H groups in total. The number of anilines is 1. The van der Waals surface area contributed by atoms with Gasteiger partial charge in [-0.15, -0.1) is 0 Å². The molecule has 0 atom stereocenters. The summed E-state index contributed by atoms with van der Waals surface area (Å²) in [5.41, 5.74) is 4.79. The van der Waals surface area contributed by atoms with Gasteiger partial charge < -0.3 is 10.3 Å². The van der Waals surface area contributed by atoms with Crippen LogP contribution in [0.15, 0.2) is 42.5 Å². The summed E-state index contributed by atoms with van der Waals surface area (Å²) in [4.78, 5) is 19.7. The zero-order valence-electron chi connectivity index (χ0n) is 12.1. The lowest BCUT2D eigenvalue weighted by Crippen LogP contribution is -2.15. The van der Waals surface area contributed by atoms with Gasteiger partial charge in [-0.3, -0.25) is 4.79 Å². The minimum Gasteiger partial charge on any atom is -0.342 e. The summed E-state index contributed by atoms with van der Waals surface area (Å²) in [7, 11) is 0. The largest absolute Gasteiger partial charge is 0.342 e. The highest BCUT2D eigenvalue weighted by atomic mass is 16.1. The highest BCUT2D eigenvalue weighted by Crippen LogP contribution is 2.16. The van der Waals surface area contributed by atoms with E-state index in [0.717, 1.165) is 33.7 Å². The van der Waals surface area contributed by atoms with Crippen LogP contribution in [0.4, 0.5) is 5.69 Å². The average Bonchev–Trinajstić information content (AvgIpc) is 2.80. The Bertz CT molecular complexity index is 805. The maximum atomic E-state index is 12.1. The molecule has 0 aliphatic rings. The molecule has 4 heteroatoms. The molecule has 0 aliphatic carbocycles. The Hall–Kier alpha value is -2.62. The summed E-state index contributed by atoms with van der Waals surface area (Å²) in [5, 5.41) is 2.95. The second kappa shape index (κ2) is 5.40. The second-order valence-electron chi connectivity index (χ2n) is 5.21. The molecule has 0 saturated heterocycles. The van der Waals surface area contributed by atoms with Crippen molar-refractivity contribution in [3.8, 4) is 0 Å². The van der Waals surface area contributed by atoms with E-state index in [1.807, 2.05) is 56.3 Å². The number of fused-ring (bicyclic) bond motifs is 1. The lowest BCUT2D eigenvalue weighted by atomic mass is 10.1. The number of hydrogen-bond donors (Lipinski definition) is 2.